The van der Waals surface area contributed by atoms with Gasteiger partial charge in [-0.25, -0.2) is 4.79 Å². The highest BCUT2D eigenvalue weighted by atomic mass is 16.5. The number of hydrogen-bond donors (Lipinski definition) is 2. The van der Waals surface area contributed by atoms with Crippen LogP contribution in [0.1, 0.15) is 70.8 Å². The number of anilines is 1. The molecule has 0 aliphatic carbocycles. The number of rotatable bonds is 12. The van der Waals surface area contributed by atoms with Crippen molar-refractivity contribution in [2.75, 3.05) is 39.1 Å². The summed E-state index contributed by atoms with van der Waals surface area (Å²) >= 11 is 0. The van der Waals surface area contributed by atoms with Gasteiger partial charge in [-0.15, -0.1) is 0 Å². The first-order valence-corrected chi connectivity index (χ1v) is 11.9. The molecule has 0 bridgehead atoms. The Morgan fingerprint density at radius 3 is 2.32 bits per heavy atom. The van der Waals surface area contributed by atoms with Gasteiger partial charge in [0.2, 0.25) is 0 Å². The molecule has 1 atom stereocenters. The molecule has 0 saturated carbocycles. The Labute approximate surface area is 188 Å². The van der Waals surface area contributed by atoms with E-state index >= 15 is 0 Å². The first-order chi connectivity index (χ1) is 14.8. The summed E-state index contributed by atoms with van der Waals surface area (Å²) in [4.78, 5) is 24.9. The quantitative estimate of drug-likeness (QED) is 0.281. The number of aryl methyl sites for hydroxylation is 1. The summed E-state index contributed by atoms with van der Waals surface area (Å²) in [6.45, 7) is 6.01. The molecule has 0 spiro atoms. The minimum atomic E-state index is -0.572. The minimum Gasteiger partial charge on any atom is -0.466 e. The number of amides is 2. The third-order valence-corrected chi connectivity index (χ3v) is 6.12. The molecule has 0 aromatic heterocycles. The smallest absolute Gasteiger partial charge is 0.319 e. The molecule has 6 heteroatoms. The zero-order valence-electron chi connectivity index (χ0n) is 20.0. The highest BCUT2D eigenvalue weighted by Gasteiger charge is 2.47. The van der Waals surface area contributed by atoms with Crippen LogP contribution >= 0.6 is 0 Å². The fourth-order valence-corrected chi connectivity index (χ4v) is 4.54. The van der Waals surface area contributed by atoms with Gasteiger partial charge in [-0.3, -0.25) is 4.79 Å². The van der Waals surface area contributed by atoms with E-state index in [1.165, 1.54) is 44.1 Å². The first kappa shape index (κ1) is 25.2. The Hall–Kier alpha value is -2.08. The summed E-state index contributed by atoms with van der Waals surface area (Å²) < 4.78 is 5.92. The number of hydrogen-bond acceptors (Lipinski definition) is 3. The van der Waals surface area contributed by atoms with Gasteiger partial charge in [0, 0.05) is 12.1 Å². The van der Waals surface area contributed by atoms with Gasteiger partial charge >= 0.3 is 12.0 Å². The van der Waals surface area contributed by atoms with Crippen molar-refractivity contribution in [3.05, 3.63) is 29.8 Å². The van der Waals surface area contributed by atoms with E-state index in [4.69, 9.17) is 4.74 Å². The number of likely N-dealkylation sites (N-methyl/N-ethyl adjacent to an activating group) is 1. The molecule has 2 N–H and O–H groups in total. The maximum atomic E-state index is 12.7. The first-order valence-electron chi connectivity index (χ1n) is 11.9. The van der Waals surface area contributed by atoms with Crippen LogP contribution in [0.4, 0.5) is 10.5 Å². The van der Waals surface area contributed by atoms with Crippen LogP contribution in [-0.4, -0.2) is 55.8 Å². The molecule has 174 valence electrons. The molecule has 1 aromatic rings. The molecule has 0 radical (unpaired) electrons. The third kappa shape index (κ3) is 8.90. The number of nitrogens with one attached hydrogen (secondary N) is 2. The summed E-state index contributed by atoms with van der Waals surface area (Å²) in [5.41, 5.74) is 1.50. The molecule has 31 heavy (non-hydrogen) atoms. The van der Waals surface area contributed by atoms with Crippen LogP contribution in [0.2, 0.25) is 0 Å². The van der Waals surface area contributed by atoms with E-state index in [1.807, 2.05) is 12.1 Å². The SMILES string of the molecule is CCCCCCCCc1ccc(NC(=O)NC2(CC(=O)OCC)CC[N+](C)(C)C2)cc1. The van der Waals surface area contributed by atoms with Crippen LogP contribution in [0.5, 0.6) is 0 Å². The van der Waals surface area contributed by atoms with Gasteiger partial charge in [0.15, 0.2) is 0 Å². The number of likely N-dealkylation sites (tertiary alicyclic amines) is 1. The molecule has 2 rings (SSSR count). The predicted octanol–water partition coefficient (Wildman–Crippen LogP) is 4.88. The van der Waals surface area contributed by atoms with Crippen LogP contribution in [-0.2, 0) is 16.0 Å². The normalized spacial score (nSPS) is 19.7. The Kier molecular flexibility index (Phi) is 9.82. The number of ether oxygens (including phenoxy) is 1. The maximum absolute atomic E-state index is 12.7. The molecule has 2 amide bonds. The van der Waals surface area contributed by atoms with E-state index in [-0.39, 0.29) is 18.4 Å². The van der Waals surface area contributed by atoms with Gasteiger partial charge in [0.1, 0.15) is 12.1 Å². The third-order valence-electron chi connectivity index (χ3n) is 6.12. The van der Waals surface area contributed by atoms with Crippen LogP contribution in [0.3, 0.4) is 0 Å². The van der Waals surface area contributed by atoms with Crippen molar-refractivity contribution in [1.82, 2.24) is 5.32 Å². The number of unbranched alkanes of at least 4 members (excludes halogenated alkanes) is 5. The summed E-state index contributed by atoms with van der Waals surface area (Å²) in [5, 5.41) is 6.03. The Morgan fingerprint density at radius 2 is 1.71 bits per heavy atom. The van der Waals surface area contributed by atoms with Gasteiger partial charge in [-0.2, -0.15) is 0 Å². The van der Waals surface area contributed by atoms with Gasteiger partial charge in [0.25, 0.3) is 0 Å². The number of nitrogens with zero attached hydrogens (tertiary/aromatic N) is 1. The van der Waals surface area contributed by atoms with Crippen molar-refractivity contribution in [1.29, 1.82) is 0 Å². The van der Waals surface area contributed by atoms with Crippen molar-refractivity contribution in [2.24, 2.45) is 0 Å². The highest BCUT2D eigenvalue weighted by molar-refractivity contribution is 5.90. The van der Waals surface area contributed by atoms with Crippen molar-refractivity contribution in [3.63, 3.8) is 0 Å². The fourth-order valence-electron chi connectivity index (χ4n) is 4.54. The van der Waals surface area contributed by atoms with Crippen molar-refractivity contribution in [3.8, 4) is 0 Å². The minimum absolute atomic E-state index is 0.202. The highest BCUT2D eigenvalue weighted by Crippen LogP contribution is 2.29. The van der Waals surface area contributed by atoms with E-state index in [0.717, 1.165) is 29.6 Å². The second-order valence-corrected chi connectivity index (χ2v) is 9.62. The second kappa shape index (κ2) is 12.1. The Bertz CT molecular complexity index is 702. The molecule has 1 unspecified atom stereocenters. The summed E-state index contributed by atoms with van der Waals surface area (Å²) in [5.74, 6) is -0.260. The molecule has 1 heterocycles. The standard InChI is InChI=1S/C25H41N3O3/c1-5-7-8-9-10-11-12-21-13-15-22(16-14-21)26-24(30)27-25(19-23(29)31-6-2)17-18-28(3,4)20-25/h13-16H,5-12,17-20H2,1-4H3,(H-,26,27,30)/p+1. The number of esters is 1. The summed E-state index contributed by atoms with van der Waals surface area (Å²) in [6.07, 6.45) is 9.79. The van der Waals surface area contributed by atoms with Gasteiger partial charge in [0.05, 0.1) is 33.7 Å². The molecule has 1 aliphatic heterocycles. The number of benzene rings is 1. The van der Waals surface area contributed by atoms with Crippen molar-refractivity contribution < 1.29 is 18.8 Å². The lowest BCUT2D eigenvalue weighted by Crippen LogP contribution is -2.55. The van der Waals surface area contributed by atoms with E-state index in [0.29, 0.717) is 13.2 Å². The van der Waals surface area contributed by atoms with Crippen molar-refractivity contribution in [2.45, 2.75) is 77.2 Å². The second-order valence-electron chi connectivity index (χ2n) is 9.62. The zero-order chi connectivity index (χ0) is 22.7. The van der Waals surface area contributed by atoms with E-state index < -0.39 is 5.54 Å². The molecule has 1 aromatic carbocycles. The Morgan fingerprint density at radius 1 is 1.03 bits per heavy atom. The van der Waals surface area contributed by atoms with E-state index in [1.54, 1.807) is 6.92 Å². The molecule has 6 nitrogen and oxygen atoms in total. The Balaban J connectivity index is 1.86. The largest absolute Gasteiger partial charge is 0.466 e. The number of urea groups is 1. The lowest BCUT2D eigenvalue weighted by atomic mass is 9.94. The number of quaternary nitrogens is 1. The summed E-state index contributed by atoms with van der Waals surface area (Å²) in [7, 11) is 4.24. The monoisotopic (exact) mass is 432 g/mol. The zero-order valence-corrected chi connectivity index (χ0v) is 20.0. The van der Waals surface area contributed by atoms with Crippen LogP contribution in [0, 0.1) is 0 Å². The molecular formula is C25H42N3O3+. The molecule has 1 aliphatic rings. The number of carbonyl (C=O) groups excluding carboxylic acids is 2. The molecule has 1 saturated heterocycles. The topological polar surface area (TPSA) is 67.4 Å². The lowest BCUT2D eigenvalue weighted by molar-refractivity contribution is -0.879. The average Bonchev–Trinajstić information content (AvgIpc) is 2.99. The number of carbonyl (C=O) groups is 2. The lowest BCUT2D eigenvalue weighted by Gasteiger charge is -2.30. The predicted molar refractivity (Wildman–Crippen MR) is 126 cm³/mol. The van der Waals surface area contributed by atoms with E-state index in [2.05, 4.69) is 43.8 Å². The fraction of sp³-hybridized carbons (Fsp3) is 0.680. The average molecular weight is 433 g/mol. The summed E-state index contributed by atoms with van der Waals surface area (Å²) in [6, 6.07) is 7.82. The van der Waals surface area contributed by atoms with Gasteiger partial charge in [-0.1, -0.05) is 51.2 Å². The van der Waals surface area contributed by atoms with E-state index in [9.17, 15) is 9.59 Å². The molecular weight excluding hydrogens is 390 g/mol. The van der Waals surface area contributed by atoms with Gasteiger partial charge in [-0.05, 0) is 37.5 Å². The van der Waals surface area contributed by atoms with Crippen LogP contribution in [0.15, 0.2) is 24.3 Å². The van der Waals surface area contributed by atoms with Crippen LogP contribution in [0.25, 0.3) is 0 Å². The van der Waals surface area contributed by atoms with Crippen LogP contribution < -0.4 is 10.6 Å². The van der Waals surface area contributed by atoms with Gasteiger partial charge < -0.3 is 19.9 Å². The molecule has 1 fully saturated rings. The maximum Gasteiger partial charge on any atom is 0.319 e. The van der Waals surface area contributed by atoms with Crippen molar-refractivity contribution >= 4 is 17.7 Å².